The van der Waals surface area contributed by atoms with Gasteiger partial charge in [0.15, 0.2) is 0 Å². The van der Waals surface area contributed by atoms with Crippen molar-refractivity contribution in [1.29, 1.82) is 0 Å². The van der Waals surface area contributed by atoms with Crippen molar-refractivity contribution >= 4 is 17.6 Å². The van der Waals surface area contributed by atoms with Gasteiger partial charge in [-0.2, -0.15) is 0 Å². The summed E-state index contributed by atoms with van der Waals surface area (Å²) in [6.07, 6.45) is 4.12. The molecule has 0 saturated heterocycles. The minimum atomic E-state index is -0.370. The van der Waals surface area contributed by atoms with Gasteiger partial charge >= 0.3 is 5.97 Å². The molecule has 0 spiro atoms. The molecular formula is C15H20FNO3. The molecule has 1 N–H and O–H groups in total. The normalized spacial score (nSPS) is 10.1. The number of unbranched alkanes of at least 4 members (excludes halogenated alkanes) is 3. The fourth-order valence-corrected chi connectivity index (χ4v) is 1.80. The fraction of sp³-hybridized carbons (Fsp3) is 0.467. The molecule has 0 fully saturated rings. The predicted molar refractivity (Wildman–Crippen MR) is 74.7 cm³/mol. The summed E-state index contributed by atoms with van der Waals surface area (Å²) in [4.78, 5) is 22.5. The molecule has 0 aliphatic rings. The molecule has 0 aliphatic heterocycles. The zero-order chi connectivity index (χ0) is 14.8. The Bertz CT molecular complexity index is 448. The third kappa shape index (κ3) is 6.87. The smallest absolute Gasteiger partial charge is 0.305 e. The first-order valence-corrected chi connectivity index (χ1v) is 6.74. The van der Waals surface area contributed by atoms with Gasteiger partial charge in [0.05, 0.1) is 7.11 Å². The summed E-state index contributed by atoms with van der Waals surface area (Å²) in [6.45, 7) is 0. The van der Waals surface area contributed by atoms with E-state index in [-0.39, 0.29) is 17.7 Å². The predicted octanol–water partition coefficient (Wildman–Crippen LogP) is 3.28. The lowest BCUT2D eigenvalue weighted by Gasteiger charge is -2.05. The van der Waals surface area contributed by atoms with Crippen LogP contribution in [0.4, 0.5) is 10.1 Å². The molecule has 1 rings (SSSR count). The Morgan fingerprint density at radius 1 is 1.15 bits per heavy atom. The first-order valence-electron chi connectivity index (χ1n) is 6.74. The zero-order valence-corrected chi connectivity index (χ0v) is 11.7. The lowest BCUT2D eigenvalue weighted by atomic mass is 10.1. The number of esters is 1. The second-order valence-electron chi connectivity index (χ2n) is 4.55. The summed E-state index contributed by atoms with van der Waals surface area (Å²) in [5, 5.41) is 2.65. The van der Waals surface area contributed by atoms with Gasteiger partial charge in [-0.25, -0.2) is 4.39 Å². The molecule has 1 aromatic rings. The molecule has 5 heteroatoms. The second kappa shape index (κ2) is 9.07. The lowest BCUT2D eigenvalue weighted by Crippen LogP contribution is -2.11. The first-order chi connectivity index (χ1) is 9.61. The number of hydrogen-bond acceptors (Lipinski definition) is 3. The van der Waals surface area contributed by atoms with E-state index in [1.807, 2.05) is 0 Å². The Morgan fingerprint density at radius 3 is 2.50 bits per heavy atom. The van der Waals surface area contributed by atoms with E-state index in [2.05, 4.69) is 10.1 Å². The summed E-state index contributed by atoms with van der Waals surface area (Å²) in [5.41, 5.74) is 0.473. The number of ether oxygens (including phenoxy) is 1. The van der Waals surface area contributed by atoms with E-state index in [1.165, 1.54) is 19.2 Å². The number of amides is 1. The Hall–Kier alpha value is -1.91. The summed E-state index contributed by atoms with van der Waals surface area (Å²) in [7, 11) is 1.37. The van der Waals surface area contributed by atoms with Crippen molar-refractivity contribution in [2.24, 2.45) is 0 Å². The van der Waals surface area contributed by atoms with Crippen LogP contribution < -0.4 is 5.32 Å². The average molecular weight is 281 g/mol. The molecule has 0 unspecified atom stereocenters. The second-order valence-corrected chi connectivity index (χ2v) is 4.55. The number of hydrogen-bond donors (Lipinski definition) is 1. The van der Waals surface area contributed by atoms with Gasteiger partial charge in [-0.3, -0.25) is 9.59 Å². The van der Waals surface area contributed by atoms with Gasteiger partial charge in [-0.1, -0.05) is 18.9 Å². The highest BCUT2D eigenvalue weighted by Gasteiger charge is 2.04. The van der Waals surface area contributed by atoms with Crippen LogP contribution in [0.3, 0.4) is 0 Å². The van der Waals surface area contributed by atoms with Gasteiger partial charge in [0.1, 0.15) is 5.82 Å². The van der Waals surface area contributed by atoms with Crippen LogP contribution in [0.2, 0.25) is 0 Å². The molecule has 0 aliphatic carbocycles. The first kappa shape index (κ1) is 16.1. The van der Waals surface area contributed by atoms with E-state index >= 15 is 0 Å². The van der Waals surface area contributed by atoms with Crippen LogP contribution in [-0.4, -0.2) is 19.0 Å². The standard InChI is InChI=1S/C15H20FNO3/c1-20-15(19)10-5-3-2-4-9-14(18)17-13-8-6-7-12(16)11-13/h6-8,11H,2-5,9-10H2,1H3,(H,17,18). The van der Waals surface area contributed by atoms with Gasteiger partial charge in [0.2, 0.25) is 5.91 Å². The SMILES string of the molecule is COC(=O)CCCCCCC(=O)Nc1cccc(F)c1. The molecule has 110 valence electrons. The zero-order valence-electron chi connectivity index (χ0n) is 11.7. The Balaban J connectivity index is 2.10. The monoisotopic (exact) mass is 281 g/mol. The number of halogens is 1. The average Bonchev–Trinajstić information content (AvgIpc) is 2.42. The molecule has 1 amide bonds. The van der Waals surface area contributed by atoms with E-state index in [0.29, 0.717) is 18.5 Å². The number of rotatable bonds is 8. The largest absolute Gasteiger partial charge is 0.469 e. The van der Waals surface area contributed by atoms with E-state index in [1.54, 1.807) is 12.1 Å². The van der Waals surface area contributed by atoms with Gasteiger partial charge in [-0.05, 0) is 31.0 Å². The number of nitrogens with one attached hydrogen (secondary N) is 1. The van der Waals surface area contributed by atoms with Crippen LogP contribution in [0, 0.1) is 5.82 Å². The van der Waals surface area contributed by atoms with E-state index in [9.17, 15) is 14.0 Å². The third-order valence-electron chi connectivity index (χ3n) is 2.87. The lowest BCUT2D eigenvalue weighted by molar-refractivity contribution is -0.140. The highest BCUT2D eigenvalue weighted by Crippen LogP contribution is 2.11. The molecule has 0 heterocycles. The Kier molecular flexibility index (Phi) is 7.32. The summed E-state index contributed by atoms with van der Waals surface area (Å²) < 4.78 is 17.5. The van der Waals surface area contributed by atoms with E-state index in [0.717, 1.165) is 25.7 Å². The number of carbonyl (C=O) groups excluding carboxylic acids is 2. The number of methoxy groups -OCH3 is 1. The van der Waals surface area contributed by atoms with Crippen LogP contribution in [-0.2, 0) is 14.3 Å². The van der Waals surface area contributed by atoms with Gasteiger partial charge in [0.25, 0.3) is 0 Å². The highest BCUT2D eigenvalue weighted by molar-refractivity contribution is 5.90. The maximum atomic E-state index is 12.9. The van der Waals surface area contributed by atoms with Crippen molar-refractivity contribution in [3.05, 3.63) is 30.1 Å². The van der Waals surface area contributed by atoms with Crippen molar-refractivity contribution in [3.63, 3.8) is 0 Å². The summed E-state index contributed by atoms with van der Waals surface area (Å²) in [5.74, 6) is -0.692. The highest BCUT2D eigenvalue weighted by atomic mass is 19.1. The van der Waals surface area contributed by atoms with Crippen molar-refractivity contribution in [2.45, 2.75) is 38.5 Å². The maximum absolute atomic E-state index is 12.9. The minimum absolute atomic E-state index is 0.122. The van der Waals surface area contributed by atoms with Crippen LogP contribution in [0.5, 0.6) is 0 Å². The van der Waals surface area contributed by atoms with Crippen LogP contribution in [0.25, 0.3) is 0 Å². The molecule has 20 heavy (non-hydrogen) atoms. The van der Waals surface area contributed by atoms with Crippen molar-refractivity contribution in [2.75, 3.05) is 12.4 Å². The molecule has 0 radical (unpaired) electrons. The van der Waals surface area contributed by atoms with E-state index < -0.39 is 0 Å². The molecule has 0 aromatic heterocycles. The molecule has 1 aromatic carbocycles. The van der Waals surface area contributed by atoms with Crippen LogP contribution in [0.1, 0.15) is 38.5 Å². The van der Waals surface area contributed by atoms with E-state index in [4.69, 9.17) is 0 Å². The van der Waals surface area contributed by atoms with Gasteiger partial charge in [-0.15, -0.1) is 0 Å². The van der Waals surface area contributed by atoms with Crippen LogP contribution >= 0.6 is 0 Å². The fourth-order valence-electron chi connectivity index (χ4n) is 1.80. The minimum Gasteiger partial charge on any atom is -0.469 e. The van der Waals surface area contributed by atoms with Gasteiger partial charge < -0.3 is 10.1 Å². The Labute approximate surface area is 118 Å². The van der Waals surface area contributed by atoms with Crippen molar-refractivity contribution in [1.82, 2.24) is 0 Å². The number of anilines is 1. The molecule has 0 bridgehead atoms. The molecule has 4 nitrogen and oxygen atoms in total. The number of carbonyl (C=O) groups is 2. The number of benzene rings is 1. The Morgan fingerprint density at radius 2 is 1.85 bits per heavy atom. The van der Waals surface area contributed by atoms with Gasteiger partial charge in [0, 0.05) is 18.5 Å². The molecule has 0 atom stereocenters. The summed E-state index contributed by atoms with van der Waals surface area (Å²) >= 11 is 0. The van der Waals surface area contributed by atoms with Crippen molar-refractivity contribution < 1.29 is 18.7 Å². The quantitative estimate of drug-likeness (QED) is 0.587. The van der Waals surface area contributed by atoms with Crippen molar-refractivity contribution in [3.8, 4) is 0 Å². The third-order valence-corrected chi connectivity index (χ3v) is 2.87. The topological polar surface area (TPSA) is 55.4 Å². The molecule has 0 saturated carbocycles. The van der Waals surface area contributed by atoms with Crippen LogP contribution in [0.15, 0.2) is 24.3 Å². The summed E-state index contributed by atoms with van der Waals surface area (Å²) in [6, 6.07) is 5.82. The maximum Gasteiger partial charge on any atom is 0.305 e. The molecular weight excluding hydrogens is 261 g/mol.